The molecular formula is C20H30N2O3. The lowest BCUT2D eigenvalue weighted by atomic mass is 9.91. The number of hydrogen-bond donors (Lipinski definition) is 1. The van der Waals surface area contributed by atoms with E-state index in [0.717, 1.165) is 24.2 Å². The smallest absolute Gasteiger partial charge is 0.227 e. The van der Waals surface area contributed by atoms with Gasteiger partial charge in [-0.3, -0.25) is 9.59 Å². The van der Waals surface area contributed by atoms with E-state index in [1.165, 1.54) is 0 Å². The van der Waals surface area contributed by atoms with Gasteiger partial charge in [-0.1, -0.05) is 39.0 Å². The largest absolute Gasteiger partial charge is 0.496 e. The van der Waals surface area contributed by atoms with Gasteiger partial charge in [0.1, 0.15) is 5.75 Å². The lowest BCUT2D eigenvalue weighted by molar-refractivity contribution is -0.131. The summed E-state index contributed by atoms with van der Waals surface area (Å²) >= 11 is 0. The zero-order valence-electron chi connectivity index (χ0n) is 15.8. The van der Waals surface area contributed by atoms with Crippen molar-refractivity contribution in [3.05, 3.63) is 29.8 Å². The summed E-state index contributed by atoms with van der Waals surface area (Å²) in [6.45, 7) is 7.56. The molecular weight excluding hydrogens is 316 g/mol. The van der Waals surface area contributed by atoms with Crippen LogP contribution in [-0.2, 0) is 16.0 Å². The Balaban J connectivity index is 1.81. The number of carbonyl (C=O) groups excluding carboxylic acids is 2. The first-order valence-electron chi connectivity index (χ1n) is 8.97. The third-order valence-corrected chi connectivity index (χ3v) is 4.44. The Morgan fingerprint density at radius 1 is 1.20 bits per heavy atom. The SMILES string of the molecule is COc1ccccc1CC(=O)N1CCC(NC(=O)CC(C)(C)C)CC1. The molecule has 138 valence electrons. The minimum atomic E-state index is -0.00447. The van der Waals surface area contributed by atoms with Crippen LogP contribution in [0.5, 0.6) is 5.75 Å². The Bertz CT molecular complexity index is 599. The number of benzene rings is 1. The summed E-state index contributed by atoms with van der Waals surface area (Å²) in [5, 5.41) is 3.11. The van der Waals surface area contributed by atoms with Gasteiger partial charge in [0.15, 0.2) is 0 Å². The van der Waals surface area contributed by atoms with Crippen molar-refractivity contribution in [2.75, 3.05) is 20.2 Å². The summed E-state index contributed by atoms with van der Waals surface area (Å²) in [5.74, 6) is 0.968. The minimum Gasteiger partial charge on any atom is -0.496 e. The summed E-state index contributed by atoms with van der Waals surface area (Å²) < 4.78 is 5.32. The molecule has 0 aliphatic carbocycles. The predicted octanol–water partition coefficient (Wildman–Crippen LogP) is 2.78. The third-order valence-electron chi connectivity index (χ3n) is 4.44. The van der Waals surface area contributed by atoms with Gasteiger partial charge in [0.2, 0.25) is 11.8 Å². The maximum Gasteiger partial charge on any atom is 0.227 e. The number of carbonyl (C=O) groups is 2. The van der Waals surface area contributed by atoms with E-state index < -0.39 is 0 Å². The molecule has 0 radical (unpaired) electrons. The van der Waals surface area contributed by atoms with E-state index in [1.807, 2.05) is 29.2 Å². The first kappa shape index (κ1) is 19.3. The van der Waals surface area contributed by atoms with Crippen molar-refractivity contribution in [3.63, 3.8) is 0 Å². The van der Waals surface area contributed by atoms with Crippen molar-refractivity contribution in [2.24, 2.45) is 5.41 Å². The van der Waals surface area contributed by atoms with Crippen molar-refractivity contribution in [1.82, 2.24) is 10.2 Å². The molecule has 0 atom stereocenters. The quantitative estimate of drug-likeness (QED) is 0.892. The van der Waals surface area contributed by atoms with Gasteiger partial charge in [0.05, 0.1) is 13.5 Å². The van der Waals surface area contributed by atoms with Crippen molar-refractivity contribution in [2.45, 2.75) is 52.5 Å². The van der Waals surface area contributed by atoms with E-state index in [0.29, 0.717) is 25.9 Å². The monoisotopic (exact) mass is 346 g/mol. The Kier molecular flexibility index (Phi) is 6.45. The second-order valence-corrected chi connectivity index (χ2v) is 7.95. The van der Waals surface area contributed by atoms with Crippen molar-refractivity contribution in [1.29, 1.82) is 0 Å². The van der Waals surface area contributed by atoms with E-state index in [-0.39, 0.29) is 23.3 Å². The number of rotatable bonds is 5. The second kappa shape index (κ2) is 8.37. The van der Waals surface area contributed by atoms with Gasteiger partial charge >= 0.3 is 0 Å². The molecule has 1 aliphatic rings. The second-order valence-electron chi connectivity index (χ2n) is 7.95. The first-order valence-corrected chi connectivity index (χ1v) is 8.97. The van der Waals surface area contributed by atoms with Crippen molar-refractivity contribution in [3.8, 4) is 5.75 Å². The van der Waals surface area contributed by atoms with Gasteiger partial charge in [0.25, 0.3) is 0 Å². The fourth-order valence-electron chi connectivity index (χ4n) is 3.16. The van der Waals surface area contributed by atoms with Gasteiger partial charge in [-0.25, -0.2) is 0 Å². The maximum absolute atomic E-state index is 12.5. The number of nitrogens with zero attached hydrogens (tertiary/aromatic N) is 1. The van der Waals surface area contributed by atoms with E-state index in [2.05, 4.69) is 26.1 Å². The number of ether oxygens (including phenoxy) is 1. The minimum absolute atomic E-state index is 0.00447. The number of piperidine rings is 1. The molecule has 1 aromatic carbocycles. The summed E-state index contributed by atoms with van der Waals surface area (Å²) in [6, 6.07) is 7.79. The van der Waals surface area contributed by atoms with Crippen LogP contribution >= 0.6 is 0 Å². The molecule has 2 rings (SSSR count). The van der Waals surface area contributed by atoms with Gasteiger partial charge in [-0.15, -0.1) is 0 Å². The Labute approximate surface area is 150 Å². The van der Waals surface area contributed by atoms with Crippen LogP contribution in [0.15, 0.2) is 24.3 Å². The highest BCUT2D eigenvalue weighted by molar-refractivity contribution is 5.80. The van der Waals surface area contributed by atoms with Gasteiger partial charge in [-0.05, 0) is 24.3 Å². The standard InChI is InChI=1S/C20H30N2O3/c1-20(2,3)14-18(23)21-16-9-11-22(12-10-16)19(24)13-15-7-5-6-8-17(15)25-4/h5-8,16H,9-14H2,1-4H3,(H,21,23). The van der Waals surface area contributed by atoms with Crippen molar-refractivity contribution < 1.29 is 14.3 Å². The van der Waals surface area contributed by atoms with Crippen LogP contribution in [0.3, 0.4) is 0 Å². The predicted molar refractivity (Wildman–Crippen MR) is 98.5 cm³/mol. The van der Waals surface area contributed by atoms with Gasteiger partial charge < -0.3 is 15.0 Å². The van der Waals surface area contributed by atoms with E-state index >= 15 is 0 Å². The van der Waals surface area contributed by atoms with E-state index in [4.69, 9.17) is 4.74 Å². The Hall–Kier alpha value is -2.04. The molecule has 1 aliphatic heterocycles. The molecule has 0 spiro atoms. The number of amides is 2. The molecule has 0 unspecified atom stereocenters. The summed E-state index contributed by atoms with van der Waals surface area (Å²) in [7, 11) is 1.62. The zero-order valence-corrected chi connectivity index (χ0v) is 15.8. The molecule has 1 N–H and O–H groups in total. The number of nitrogens with one attached hydrogen (secondary N) is 1. The van der Waals surface area contributed by atoms with Crippen LogP contribution in [0.25, 0.3) is 0 Å². The molecule has 0 bridgehead atoms. The number of likely N-dealkylation sites (tertiary alicyclic amines) is 1. The fourth-order valence-corrected chi connectivity index (χ4v) is 3.16. The van der Waals surface area contributed by atoms with Crippen LogP contribution < -0.4 is 10.1 Å². The van der Waals surface area contributed by atoms with Gasteiger partial charge in [0, 0.05) is 31.1 Å². The molecule has 2 amide bonds. The maximum atomic E-state index is 12.5. The molecule has 5 nitrogen and oxygen atoms in total. The Morgan fingerprint density at radius 2 is 1.84 bits per heavy atom. The van der Waals surface area contributed by atoms with Crippen LogP contribution in [0.1, 0.15) is 45.6 Å². The molecule has 0 saturated carbocycles. The lowest BCUT2D eigenvalue weighted by Crippen LogP contribution is -2.47. The van der Waals surface area contributed by atoms with Crippen LogP contribution in [0.2, 0.25) is 0 Å². The summed E-state index contributed by atoms with van der Waals surface area (Å²) in [5.41, 5.74) is 0.908. The molecule has 25 heavy (non-hydrogen) atoms. The average Bonchev–Trinajstić information content (AvgIpc) is 2.54. The summed E-state index contributed by atoms with van der Waals surface area (Å²) in [4.78, 5) is 26.5. The molecule has 5 heteroatoms. The zero-order chi connectivity index (χ0) is 18.4. The van der Waals surface area contributed by atoms with Crippen LogP contribution in [0.4, 0.5) is 0 Å². The fraction of sp³-hybridized carbons (Fsp3) is 0.600. The highest BCUT2D eigenvalue weighted by Gasteiger charge is 2.25. The Morgan fingerprint density at radius 3 is 2.44 bits per heavy atom. The topological polar surface area (TPSA) is 58.6 Å². The van der Waals surface area contributed by atoms with Crippen molar-refractivity contribution >= 4 is 11.8 Å². The first-order chi connectivity index (χ1) is 11.8. The molecule has 1 saturated heterocycles. The molecule has 1 aromatic rings. The average molecular weight is 346 g/mol. The third kappa shape index (κ3) is 6.07. The lowest BCUT2D eigenvalue weighted by Gasteiger charge is -2.33. The van der Waals surface area contributed by atoms with E-state index in [9.17, 15) is 9.59 Å². The van der Waals surface area contributed by atoms with Gasteiger partial charge in [-0.2, -0.15) is 0 Å². The number of hydrogen-bond acceptors (Lipinski definition) is 3. The number of para-hydroxylation sites is 1. The summed E-state index contributed by atoms with van der Waals surface area (Å²) in [6.07, 6.45) is 2.51. The van der Waals surface area contributed by atoms with Crippen LogP contribution in [-0.4, -0.2) is 43.0 Å². The molecule has 1 fully saturated rings. The van der Waals surface area contributed by atoms with Crippen LogP contribution in [0, 0.1) is 5.41 Å². The molecule has 1 heterocycles. The highest BCUT2D eigenvalue weighted by atomic mass is 16.5. The highest BCUT2D eigenvalue weighted by Crippen LogP contribution is 2.21. The number of methoxy groups -OCH3 is 1. The normalized spacial score (nSPS) is 15.8. The van der Waals surface area contributed by atoms with E-state index in [1.54, 1.807) is 7.11 Å². The molecule has 0 aromatic heterocycles.